The van der Waals surface area contributed by atoms with Crippen molar-refractivity contribution < 1.29 is 14.3 Å². The normalized spacial score (nSPS) is 14.8. The van der Waals surface area contributed by atoms with Crippen molar-refractivity contribution in [2.24, 2.45) is 7.05 Å². The fourth-order valence-corrected chi connectivity index (χ4v) is 4.93. The smallest absolute Gasteiger partial charge is 0.272 e. The lowest BCUT2D eigenvalue weighted by molar-refractivity contribution is -0.132. The molecule has 0 unspecified atom stereocenters. The van der Waals surface area contributed by atoms with Gasteiger partial charge in [-0.25, -0.2) is 0 Å². The number of carbonyl (C=O) groups excluding carboxylic acids is 2. The minimum atomic E-state index is -0.171. The van der Waals surface area contributed by atoms with Gasteiger partial charge in [0.2, 0.25) is 5.91 Å². The zero-order valence-corrected chi connectivity index (χ0v) is 22.4. The monoisotopic (exact) mass is 490 g/mol. The number of carbonyl (C=O) groups is 2. The summed E-state index contributed by atoms with van der Waals surface area (Å²) in [6.45, 7) is 12.4. The maximum absolute atomic E-state index is 13.4. The highest BCUT2D eigenvalue weighted by molar-refractivity contribution is 6.07. The molecule has 0 atom stereocenters. The van der Waals surface area contributed by atoms with Gasteiger partial charge in [0.15, 0.2) is 0 Å². The van der Waals surface area contributed by atoms with Crippen molar-refractivity contribution in [3.05, 3.63) is 59.3 Å². The van der Waals surface area contributed by atoms with Crippen molar-refractivity contribution in [1.29, 1.82) is 0 Å². The van der Waals surface area contributed by atoms with Crippen molar-refractivity contribution in [1.82, 2.24) is 14.4 Å². The van der Waals surface area contributed by atoms with E-state index in [1.54, 1.807) is 7.11 Å². The van der Waals surface area contributed by atoms with Gasteiger partial charge >= 0.3 is 0 Å². The number of methoxy groups -OCH3 is 1. The molecule has 0 saturated carbocycles. The highest BCUT2D eigenvalue weighted by Gasteiger charge is 2.23. The molecule has 7 nitrogen and oxygen atoms in total. The second-order valence-corrected chi connectivity index (χ2v) is 10.6. The van der Waals surface area contributed by atoms with Crippen LogP contribution in [0.3, 0.4) is 0 Å². The Labute approximate surface area is 214 Å². The van der Waals surface area contributed by atoms with Crippen LogP contribution in [0.4, 0.5) is 5.69 Å². The summed E-state index contributed by atoms with van der Waals surface area (Å²) in [4.78, 5) is 29.8. The van der Waals surface area contributed by atoms with Gasteiger partial charge in [-0.1, -0.05) is 52.0 Å². The predicted molar refractivity (Wildman–Crippen MR) is 145 cm³/mol. The van der Waals surface area contributed by atoms with Crippen molar-refractivity contribution in [2.45, 2.75) is 46.1 Å². The van der Waals surface area contributed by atoms with Crippen LogP contribution in [-0.2, 0) is 23.8 Å². The summed E-state index contributed by atoms with van der Waals surface area (Å²) < 4.78 is 7.50. The van der Waals surface area contributed by atoms with Crippen LogP contribution in [0.1, 0.15) is 55.7 Å². The molecule has 1 N–H and O–H groups in total. The number of aromatic nitrogens is 1. The number of benzene rings is 2. The number of nitrogens with zero attached hydrogens (tertiary/aromatic N) is 3. The van der Waals surface area contributed by atoms with E-state index in [2.05, 4.69) is 37.1 Å². The van der Waals surface area contributed by atoms with E-state index in [1.807, 2.05) is 59.8 Å². The standard InChI is InChI=1S/C29H38N4O3/c1-7-26(34)33-15-13-32(14-16-33)19-21-10-8-9-20-17-24(31(5)27(20)21)28(35)30-23-18-22(29(2,3)4)11-12-25(23)36-6/h8-12,17-18H,7,13-16,19H2,1-6H3,(H,30,35). The minimum absolute atomic E-state index is 0.0460. The van der Waals surface area contributed by atoms with Crippen LogP contribution in [-0.4, -0.2) is 59.5 Å². The number of fused-ring (bicyclic) bond motifs is 1. The Morgan fingerprint density at radius 3 is 2.39 bits per heavy atom. The summed E-state index contributed by atoms with van der Waals surface area (Å²) in [5, 5.41) is 4.12. The highest BCUT2D eigenvalue weighted by Crippen LogP contribution is 2.32. The zero-order chi connectivity index (χ0) is 26.0. The molecule has 2 amide bonds. The fourth-order valence-electron chi connectivity index (χ4n) is 4.93. The molecule has 36 heavy (non-hydrogen) atoms. The van der Waals surface area contributed by atoms with Crippen LogP contribution < -0.4 is 10.1 Å². The molecule has 0 bridgehead atoms. The second-order valence-electron chi connectivity index (χ2n) is 10.6. The lowest BCUT2D eigenvalue weighted by atomic mass is 9.87. The predicted octanol–water partition coefficient (Wildman–Crippen LogP) is 4.79. The summed E-state index contributed by atoms with van der Waals surface area (Å²) >= 11 is 0. The van der Waals surface area contributed by atoms with Gasteiger partial charge in [-0.2, -0.15) is 0 Å². The number of rotatable bonds is 6. The largest absolute Gasteiger partial charge is 0.495 e. The van der Waals surface area contributed by atoms with Gasteiger partial charge in [0.1, 0.15) is 11.4 Å². The Kier molecular flexibility index (Phi) is 7.41. The van der Waals surface area contributed by atoms with Gasteiger partial charge in [-0.15, -0.1) is 0 Å². The molecular formula is C29H38N4O3. The number of hydrogen-bond acceptors (Lipinski definition) is 4. The van der Waals surface area contributed by atoms with Gasteiger partial charge in [-0.05, 0) is 34.7 Å². The average molecular weight is 491 g/mol. The van der Waals surface area contributed by atoms with Gasteiger partial charge in [0, 0.05) is 51.6 Å². The molecular weight excluding hydrogens is 452 g/mol. The van der Waals surface area contributed by atoms with Crippen LogP contribution in [0.2, 0.25) is 0 Å². The maximum atomic E-state index is 13.4. The summed E-state index contributed by atoms with van der Waals surface area (Å²) in [6, 6.07) is 14.1. The molecule has 7 heteroatoms. The molecule has 1 fully saturated rings. The van der Waals surface area contributed by atoms with Crippen LogP contribution in [0.15, 0.2) is 42.5 Å². The molecule has 3 aromatic rings. The van der Waals surface area contributed by atoms with Crippen molar-refractivity contribution >= 4 is 28.4 Å². The van der Waals surface area contributed by atoms with Crippen molar-refractivity contribution in [2.75, 3.05) is 38.6 Å². The SMILES string of the molecule is CCC(=O)N1CCN(Cc2cccc3cc(C(=O)Nc4cc(C(C)(C)C)ccc4OC)n(C)c23)CC1. The molecule has 1 saturated heterocycles. The third kappa shape index (κ3) is 5.26. The Morgan fingerprint density at radius 2 is 1.75 bits per heavy atom. The summed E-state index contributed by atoms with van der Waals surface area (Å²) in [6.07, 6.45) is 0.555. The number of aryl methyl sites for hydroxylation is 1. The molecule has 2 aromatic carbocycles. The molecule has 1 aliphatic heterocycles. The molecule has 4 rings (SSSR count). The first-order valence-electron chi connectivity index (χ1n) is 12.7. The van der Waals surface area contributed by atoms with E-state index in [0.717, 1.165) is 49.2 Å². The minimum Gasteiger partial charge on any atom is -0.495 e. The molecule has 0 aliphatic carbocycles. The Balaban J connectivity index is 1.57. The highest BCUT2D eigenvalue weighted by atomic mass is 16.5. The number of amides is 2. The first-order chi connectivity index (χ1) is 17.1. The lowest BCUT2D eigenvalue weighted by Gasteiger charge is -2.34. The first kappa shape index (κ1) is 25.8. The van der Waals surface area contributed by atoms with Crippen LogP contribution in [0, 0.1) is 0 Å². The van der Waals surface area contributed by atoms with E-state index in [0.29, 0.717) is 23.6 Å². The van der Waals surface area contributed by atoms with E-state index in [-0.39, 0.29) is 17.2 Å². The fraction of sp³-hybridized carbons (Fsp3) is 0.448. The number of ether oxygens (including phenoxy) is 1. The second kappa shape index (κ2) is 10.3. The van der Waals surface area contributed by atoms with E-state index in [9.17, 15) is 9.59 Å². The van der Waals surface area contributed by atoms with Crippen molar-refractivity contribution in [3.63, 3.8) is 0 Å². The third-order valence-corrected chi connectivity index (χ3v) is 7.11. The summed E-state index contributed by atoms with van der Waals surface area (Å²) in [5.74, 6) is 0.687. The lowest BCUT2D eigenvalue weighted by Crippen LogP contribution is -2.48. The molecule has 0 spiro atoms. The number of nitrogens with one attached hydrogen (secondary N) is 1. The summed E-state index contributed by atoms with van der Waals surface area (Å²) in [7, 11) is 3.56. The molecule has 1 aliphatic rings. The average Bonchev–Trinajstić information content (AvgIpc) is 3.21. The van der Waals surface area contributed by atoms with E-state index >= 15 is 0 Å². The van der Waals surface area contributed by atoms with Gasteiger partial charge < -0.3 is 19.5 Å². The van der Waals surface area contributed by atoms with Crippen LogP contribution in [0.5, 0.6) is 5.75 Å². The molecule has 0 radical (unpaired) electrons. The van der Waals surface area contributed by atoms with Gasteiger partial charge in [-0.3, -0.25) is 14.5 Å². The molecule has 2 heterocycles. The topological polar surface area (TPSA) is 66.8 Å². The van der Waals surface area contributed by atoms with E-state index < -0.39 is 0 Å². The number of anilines is 1. The number of hydrogen-bond donors (Lipinski definition) is 1. The Morgan fingerprint density at radius 1 is 1.03 bits per heavy atom. The van der Waals surface area contributed by atoms with Crippen molar-refractivity contribution in [3.8, 4) is 5.75 Å². The zero-order valence-electron chi connectivity index (χ0n) is 22.4. The van der Waals surface area contributed by atoms with Crippen LogP contribution in [0.25, 0.3) is 10.9 Å². The number of para-hydroxylation sites is 1. The maximum Gasteiger partial charge on any atom is 0.272 e. The Bertz CT molecular complexity index is 1260. The number of piperazine rings is 1. The summed E-state index contributed by atoms with van der Waals surface area (Å²) in [5.41, 5.74) is 4.58. The van der Waals surface area contributed by atoms with Crippen LogP contribution >= 0.6 is 0 Å². The molecule has 1 aromatic heterocycles. The van der Waals surface area contributed by atoms with Gasteiger partial charge in [0.25, 0.3) is 5.91 Å². The van der Waals surface area contributed by atoms with E-state index in [4.69, 9.17) is 4.74 Å². The quantitative estimate of drug-likeness (QED) is 0.540. The Hall–Kier alpha value is -3.32. The van der Waals surface area contributed by atoms with E-state index in [1.165, 1.54) is 5.56 Å². The first-order valence-corrected chi connectivity index (χ1v) is 12.7. The molecule has 192 valence electrons. The van der Waals surface area contributed by atoms with Gasteiger partial charge in [0.05, 0.1) is 18.3 Å². The third-order valence-electron chi connectivity index (χ3n) is 7.11.